The average molecular weight is 325 g/mol. The van der Waals surface area contributed by atoms with Crippen molar-refractivity contribution < 1.29 is 23.8 Å². The van der Waals surface area contributed by atoms with E-state index in [9.17, 15) is 14.2 Å². The Balaban J connectivity index is 2.09. The van der Waals surface area contributed by atoms with E-state index in [1.54, 1.807) is 0 Å². The van der Waals surface area contributed by atoms with Crippen molar-refractivity contribution in [3.8, 4) is 0 Å². The van der Waals surface area contributed by atoms with Gasteiger partial charge in [0.05, 0.1) is 0 Å². The highest BCUT2D eigenvalue weighted by Crippen LogP contribution is 2.35. The van der Waals surface area contributed by atoms with Gasteiger partial charge in [-0.2, -0.15) is 0 Å². The van der Waals surface area contributed by atoms with Crippen LogP contribution in [0.1, 0.15) is 6.23 Å². The molecule has 11 heteroatoms. The number of hydrogen-bond donors (Lipinski definition) is 3. The minimum Gasteiger partial charge on any atom is -0.336 e. The van der Waals surface area contributed by atoms with Gasteiger partial charge in [-0.1, -0.05) is 11.6 Å². The molecule has 110 valence electrons. The summed E-state index contributed by atoms with van der Waals surface area (Å²) in [5.74, 6) is 0. The zero-order chi connectivity index (χ0) is 14.9. The molecule has 2 atom stereocenters. The van der Waals surface area contributed by atoms with Crippen LogP contribution in [0.25, 0.3) is 0 Å². The van der Waals surface area contributed by atoms with E-state index in [-0.39, 0.29) is 5.02 Å². The van der Waals surface area contributed by atoms with Crippen molar-refractivity contribution >= 4 is 19.2 Å². The number of aromatic amines is 1. The molecule has 20 heavy (non-hydrogen) atoms. The van der Waals surface area contributed by atoms with E-state index in [0.29, 0.717) is 0 Å². The van der Waals surface area contributed by atoms with Crippen LogP contribution in [0.5, 0.6) is 0 Å². The Morgan fingerprint density at radius 3 is 2.80 bits per heavy atom. The van der Waals surface area contributed by atoms with Crippen LogP contribution >= 0.6 is 19.2 Å². The van der Waals surface area contributed by atoms with Gasteiger partial charge in [-0.25, -0.2) is 4.79 Å². The topological polar surface area (TPSA) is 131 Å². The number of halogens is 1. The van der Waals surface area contributed by atoms with Gasteiger partial charge in [-0.15, -0.1) is 0 Å². The van der Waals surface area contributed by atoms with E-state index >= 15 is 0 Å². The molecule has 1 aliphatic heterocycles. The van der Waals surface area contributed by atoms with Crippen molar-refractivity contribution in [3.05, 3.63) is 44.2 Å². The molecule has 1 aromatic rings. The van der Waals surface area contributed by atoms with Gasteiger partial charge in [0.15, 0.2) is 18.9 Å². The fourth-order valence-electron chi connectivity index (χ4n) is 1.49. The Morgan fingerprint density at radius 2 is 2.15 bits per heavy atom. The summed E-state index contributed by atoms with van der Waals surface area (Å²) in [4.78, 5) is 42.0. The van der Waals surface area contributed by atoms with Crippen LogP contribution in [0, 0.1) is 0 Å². The zero-order valence-electron chi connectivity index (χ0n) is 9.80. The lowest BCUT2D eigenvalue weighted by Crippen LogP contribution is -2.32. The van der Waals surface area contributed by atoms with E-state index in [1.165, 1.54) is 12.2 Å². The zero-order valence-corrected chi connectivity index (χ0v) is 11.5. The smallest absolute Gasteiger partial charge is 0.336 e. The minimum atomic E-state index is -4.31. The number of H-pyrrole nitrogens is 1. The molecular weight excluding hydrogens is 315 g/mol. The largest absolute Gasteiger partial charge is 0.351 e. The maximum Gasteiger partial charge on any atom is 0.351 e. The highest BCUT2D eigenvalue weighted by atomic mass is 35.5. The second-order valence-electron chi connectivity index (χ2n) is 3.88. The average Bonchev–Trinajstić information content (AvgIpc) is 2.79. The molecule has 0 bridgehead atoms. The molecular formula is C9H10ClN2O7P. The number of nitrogens with one attached hydrogen (secondary N) is 1. The minimum absolute atomic E-state index is 0.193. The molecule has 0 aromatic carbocycles. The molecule has 0 amide bonds. The molecule has 0 spiro atoms. The Labute approximate surface area is 116 Å². The number of aromatic nitrogens is 2. The maximum absolute atomic E-state index is 11.6. The Morgan fingerprint density at radius 1 is 1.45 bits per heavy atom. The highest BCUT2D eigenvalue weighted by molar-refractivity contribution is 7.51. The first kappa shape index (κ1) is 15.2. The van der Waals surface area contributed by atoms with E-state index in [4.69, 9.17) is 30.9 Å². The van der Waals surface area contributed by atoms with E-state index in [2.05, 4.69) is 0 Å². The van der Waals surface area contributed by atoms with Crippen molar-refractivity contribution in [1.82, 2.24) is 9.55 Å². The van der Waals surface area contributed by atoms with Crippen LogP contribution in [-0.4, -0.2) is 32.0 Å². The third-order valence-electron chi connectivity index (χ3n) is 2.31. The van der Waals surface area contributed by atoms with E-state index in [0.717, 1.165) is 10.8 Å². The van der Waals surface area contributed by atoms with Crippen molar-refractivity contribution in [2.24, 2.45) is 0 Å². The monoisotopic (exact) mass is 324 g/mol. The van der Waals surface area contributed by atoms with Crippen LogP contribution in [-0.2, 0) is 14.0 Å². The molecule has 0 fully saturated rings. The van der Waals surface area contributed by atoms with Gasteiger partial charge in [0.25, 0.3) is 5.56 Å². The molecule has 0 aliphatic carbocycles. The van der Waals surface area contributed by atoms with E-state index < -0.39 is 37.7 Å². The normalized spacial score (nSPS) is 22.4. The third kappa shape index (κ3) is 3.66. The molecule has 1 aromatic heterocycles. The number of nitrogens with zero attached hydrogens (tertiary/aromatic N) is 1. The van der Waals surface area contributed by atoms with Crippen molar-refractivity contribution in [2.75, 3.05) is 6.35 Å². The first-order valence-electron chi connectivity index (χ1n) is 5.27. The number of hydrogen-bond acceptors (Lipinski definition) is 5. The summed E-state index contributed by atoms with van der Waals surface area (Å²) >= 11 is 5.60. The number of rotatable bonds is 4. The third-order valence-corrected chi connectivity index (χ3v) is 3.07. The van der Waals surface area contributed by atoms with Gasteiger partial charge in [0.2, 0.25) is 0 Å². The summed E-state index contributed by atoms with van der Waals surface area (Å²) in [6, 6.07) is 0. The van der Waals surface area contributed by atoms with Crippen LogP contribution in [0.15, 0.2) is 27.9 Å². The Kier molecular flexibility index (Phi) is 4.28. The first-order chi connectivity index (χ1) is 9.26. The molecule has 0 saturated carbocycles. The van der Waals surface area contributed by atoms with Gasteiger partial charge in [-0.3, -0.25) is 18.9 Å². The standard InChI is InChI=1S/C9H10ClN2O7P/c10-5-3-12(9(14)11-8(5)13)6-1-2-7(19-6)18-4-20(15,16)17/h1-3,6-7H,4H2,(H,11,13,14)(H2,15,16,17)/t6-,7+/m1/s1. The Bertz CT molecular complexity index is 690. The summed E-state index contributed by atoms with van der Waals surface area (Å²) in [5, 5.41) is -0.193. The lowest BCUT2D eigenvalue weighted by molar-refractivity contribution is -0.127. The van der Waals surface area contributed by atoms with Gasteiger partial charge in [0, 0.05) is 6.20 Å². The van der Waals surface area contributed by atoms with Gasteiger partial charge in [0.1, 0.15) is 5.02 Å². The van der Waals surface area contributed by atoms with Crippen molar-refractivity contribution in [1.29, 1.82) is 0 Å². The van der Waals surface area contributed by atoms with Crippen LogP contribution in [0.3, 0.4) is 0 Å². The lowest BCUT2D eigenvalue weighted by Gasteiger charge is -2.16. The van der Waals surface area contributed by atoms with Gasteiger partial charge < -0.3 is 19.3 Å². The predicted octanol–water partition coefficient (Wildman–Crippen LogP) is -0.247. The van der Waals surface area contributed by atoms with Gasteiger partial charge >= 0.3 is 13.3 Å². The summed E-state index contributed by atoms with van der Waals surface area (Å²) in [6.07, 6.45) is 1.20. The van der Waals surface area contributed by atoms with Gasteiger partial charge in [-0.05, 0) is 12.2 Å². The summed E-state index contributed by atoms with van der Waals surface area (Å²) in [6.45, 7) is 0. The number of ether oxygens (including phenoxy) is 2. The second-order valence-corrected chi connectivity index (χ2v) is 5.88. The first-order valence-corrected chi connectivity index (χ1v) is 7.45. The lowest BCUT2D eigenvalue weighted by atomic mass is 10.5. The molecule has 1 aliphatic rings. The van der Waals surface area contributed by atoms with E-state index in [1.807, 2.05) is 4.98 Å². The summed E-state index contributed by atoms with van der Waals surface area (Å²) < 4.78 is 21.7. The molecule has 2 rings (SSSR count). The predicted molar refractivity (Wildman–Crippen MR) is 67.4 cm³/mol. The van der Waals surface area contributed by atoms with Crippen LogP contribution in [0.2, 0.25) is 5.02 Å². The molecule has 9 nitrogen and oxygen atoms in total. The molecule has 3 N–H and O–H groups in total. The molecule has 0 saturated heterocycles. The maximum atomic E-state index is 11.6. The second kappa shape index (κ2) is 5.65. The molecule has 2 heterocycles. The molecule has 0 radical (unpaired) electrons. The SMILES string of the molecule is O=c1[nH]c(=O)n([C@H]2C=C[C@@H](OCP(=O)(O)O)O2)cc1Cl. The van der Waals surface area contributed by atoms with Crippen molar-refractivity contribution in [3.63, 3.8) is 0 Å². The fourth-order valence-corrected chi connectivity index (χ4v) is 1.98. The summed E-state index contributed by atoms with van der Waals surface area (Å²) in [5.41, 5.74) is -1.45. The Hall–Kier alpha value is -1.22. The quantitative estimate of drug-likeness (QED) is 0.514. The molecule has 0 unspecified atom stereocenters. The fraction of sp³-hybridized carbons (Fsp3) is 0.333. The van der Waals surface area contributed by atoms with Crippen LogP contribution in [0.4, 0.5) is 0 Å². The summed E-state index contributed by atoms with van der Waals surface area (Å²) in [7, 11) is -4.31. The highest BCUT2D eigenvalue weighted by Gasteiger charge is 2.25. The van der Waals surface area contributed by atoms with Crippen LogP contribution < -0.4 is 11.2 Å². The van der Waals surface area contributed by atoms with Crippen molar-refractivity contribution in [2.45, 2.75) is 12.5 Å².